The molecule has 1 aromatic heterocycles. The molecule has 0 aliphatic heterocycles. The molecular formula is C45H41NS. The van der Waals surface area contributed by atoms with E-state index < -0.39 is 0 Å². The number of para-hydroxylation sites is 1. The van der Waals surface area contributed by atoms with Crippen LogP contribution in [0, 0.1) is 18.8 Å². The average molecular weight is 628 g/mol. The molecule has 2 heteroatoms. The molecule has 5 aromatic rings. The van der Waals surface area contributed by atoms with Gasteiger partial charge in [-0.3, -0.25) is 0 Å². The van der Waals surface area contributed by atoms with Gasteiger partial charge in [0, 0.05) is 31.9 Å². The zero-order chi connectivity index (χ0) is 31.5. The minimum absolute atomic E-state index is 0.167. The highest BCUT2D eigenvalue weighted by atomic mass is 32.1. The smallest absolute Gasteiger partial charge is 0.0725 e. The van der Waals surface area contributed by atoms with E-state index in [4.69, 9.17) is 0 Å². The number of nitrogens with zero attached hydrogens (tertiary/aromatic N) is 1. The molecule has 0 fully saturated rings. The van der Waals surface area contributed by atoms with Crippen molar-refractivity contribution in [3.8, 4) is 11.1 Å². The fraction of sp³-hybridized carbons (Fsp3) is 0.244. The first-order valence-corrected chi connectivity index (χ1v) is 18.3. The molecule has 1 heterocycles. The van der Waals surface area contributed by atoms with Gasteiger partial charge in [0.25, 0.3) is 0 Å². The van der Waals surface area contributed by atoms with Gasteiger partial charge in [0.05, 0.1) is 11.5 Å². The molecule has 4 aliphatic carbocycles. The van der Waals surface area contributed by atoms with Gasteiger partial charge in [-0.25, -0.2) is 0 Å². The van der Waals surface area contributed by atoms with E-state index in [2.05, 4.69) is 152 Å². The maximum atomic E-state index is 2.58. The van der Waals surface area contributed by atoms with E-state index >= 15 is 0 Å². The van der Waals surface area contributed by atoms with E-state index in [0.29, 0.717) is 11.8 Å². The van der Waals surface area contributed by atoms with Gasteiger partial charge >= 0.3 is 0 Å². The van der Waals surface area contributed by atoms with Crippen LogP contribution in [0.25, 0.3) is 27.3 Å². The van der Waals surface area contributed by atoms with Gasteiger partial charge in [-0.05, 0) is 109 Å². The van der Waals surface area contributed by atoms with Crippen molar-refractivity contribution in [3.63, 3.8) is 0 Å². The molecule has 232 valence electrons. The zero-order valence-corrected chi connectivity index (χ0v) is 28.1. The predicted molar refractivity (Wildman–Crippen MR) is 202 cm³/mol. The number of aryl methyl sites for hydroxylation is 1. The average Bonchev–Trinajstić information content (AvgIpc) is 3.64. The molecule has 0 bridgehead atoms. The Morgan fingerprint density at radius 2 is 1.62 bits per heavy atom. The Morgan fingerprint density at radius 1 is 0.766 bits per heavy atom. The number of anilines is 2. The summed E-state index contributed by atoms with van der Waals surface area (Å²) in [6.07, 6.45) is 22.9. The summed E-state index contributed by atoms with van der Waals surface area (Å²) in [5.74, 6) is 1.11. The summed E-state index contributed by atoms with van der Waals surface area (Å²) < 4.78 is 1.45. The Bertz CT molecular complexity index is 2120. The third kappa shape index (κ3) is 4.41. The maximum Gasteiger partial charge on any atom is 0.0725 e. The maximum absolute atomic E-state index is 2.58. The second kappa shape index (κ2) is 11.4. The standard InChI is InChI=1S/C45H41NS/c1-30-14-11-18-33(28-30)45(32-16-5-3-6-17-32)39-24-10-9-22-38(39)42-40(45)27-26-37-36-23-13-25-41(43(36)47-44(37)42)46(34-19-7-4-8-20-34)35-21-12-15-31(2)29-35/h4-5,7-13,15-24,26-27,29-30,33,41H,3,6,14,25,28H2,1-2H3. The van der Waals surface area contributed by atoms with Crippen LogP contribution >= 0.6 is 11.3 Å². The van der Waals surface area contributed by atoms with E-state index in [1.807, 2.05) is 11.3 Å². The molecule has 0 saturated heterocycles. The van der Waals surface area contributed by atoms with Crippen LogP contribution in [-0.2, 0) is 5.41 Å². The van der Waals surface area contributed by atoms with Gasteiger partial charge in [0.15, 0.2) is 0 Å². The highest BCUT2D eigenvalue weighted by molar-refractivity contribution is 7.20. The first-order chi connectivity index (χ1) is 23.1. The van der Waals surface area contributed by atoms with Gasteiger partial charge in [-0.15, -0.1) is 11.3 Å². The van der Waals surface area contributed by atoms with E-state index in [1.165, 1.54) is 78.1 Å². The minimum atomic E-state index is -0.167. The van der Waals surface area contributed by atoms with Crippen molar-refractivity contribution in [2.24, 2.45) is 11.8 Å². The molecule has 0 amide bonds. The molecule has 4 atom stereocenters. The summed E-state index contributed by atoms with van der Waals surface area (Å²) in [5, 5.41) is 1.40. The van der Waals surface area contributed by atoms with Crippen LogP contribution in [0.1, 0.15) is 72.2 Å². The fourth-order valence-electron chi connectivity index (χ4n) is 9.16. The lowest BCUT2D eigenvalue weighted by Gasteiger charge is -2.43. The normalized spacial score (nSPS) is 24.1. The van der Waals surface area contributed by atoms with Crippen LogP contribution in [-0.4, -0.2) is 0 Å². The quantitative estimate of drug-likeness (QED) is 0.175. The summed E-state index contributed by atoms with van der Waals surface area (Å²) in [6, 6.07) is 34.6. The van der Waals surface area contributed by atoms with Crippen molar-refractivity contribution < 1.29 is 0 Å². The number of allylic oxidation sites excluding steroid dienone is 6. The van der Waals surface area contributed by atoms with E-state index in [9.17, 15) is 0 Å². The van der Waals surface area contributed by atoms with Crippen LogP contribution in [0.2, 0.25) is 0 Å². The van der Waals surface area contributed by atoms with Crippen LogP contribution < -0.4 is 4.90 Å². The van der Waals surface area contributed by atoms with Crippen LogP contribution in [0.5, 0.6) is 0 Å². The molecule has 0 radical (unpaired) electrons. The van der Waals surface area contributed by atoms with Gasteiger partial charge in [-0.1, -0.05) is 116 Å². The van der Waals surface area contributed by atoms with Crippen molar-refractivity contribution in [2.45, 2.75) is 57.4 Å². The molecule has 4 aromatic carbocycles. The summed E-state index contributed by atoms with van der Waals surface area (Å²) >= 11 is 2.04. The molecule has 0 spiro atoms. The SMILES string of the molecule is Cc1cccc(N(c2ccccc2)C2CC=Cc3c2sc2c4c(ccc32)C(C2=CCCC=C2)(C2C=CCC(C)C2)c2ccccc2-4)c1. The zero-order valence-electron chi connectivity index (χ0n) is 27.3. The number of hydrogen-bond acceptors (Lipinski definition) is 2. The van der Waals surface area contributed by atoms with Gasteiger partial charge in [0.1, 0.15) is 0 Å². The minimum Gasteiger partial charge on any atom is -0.333 e. The van der Waals surface area contributed by atoms with E-state index in [-0.39, 0.29) is 11.5 Å². The Balaban J connectivity index is 1.30. The van der Waals surface area contributed by atoms with Crippen molar-refractivity contribution >= 4 is 38.9 Å². The van der Waals surface area contributed by atoms with Crippen LogP contribution in [0.3, 0.4) is 0 Å². The highest BCUT2D eigenvalue weighted by Crippen LogP contribution is 2.62. The van der Waals surface area contributed by atoms with Gasteiger partial charge in [-0.2, -0.15) is 0 Å². The third-order valence-electron chi connectivity index (χ3n) is 11.1. The van der Waals surface area contributed by atoms with Crippen molar-refractivity contribution in [1.29, 1.82) is 0 Å². The number of fused-ring (bicyclic) bond motifs is 7. The van der Waals surface area contributed by atoms with Crippen molar-refractivity contribution in [3.05, 3.63) is 160 Å². The van der Waals surface area contributed by atoms with E-state index in [0.717, 1.165) is 19.3 Å². The Labute approximate surface area is 283 Å². The molecule has 47 heavy (non-hydrogen) atoms. The summed E-state index contributed by atoms with van der Waals surface area (Å²) in [5.41, 5.74) is 12.4. The van der Waals surface area contributed by atoms with Gasteiger partial charge < -0.3 is 4.90 Å². The lowest BCUT2D eigenvalue weighted by Crippen LogP contribution is -2.37. The van der Waals surface area contributed by atoms with E-state index in [1.54, 1.807) is 0 Å². The first-order valence-electron chi connectivity index (χ1n) is 17.5. The van der Waals surface area contributed by atoms with Gasteiger partial charge in [0.2, 0.25) is 0 Å². The number of rotatable bonds is 5. The Kier molecular flexibility index (Phi) is 6.98. The molecular weight excluding hydrogens is 587 g/mol. The first kappa shape index (κ1) is 28.8. The largest absolute Gasteiger partial charge is 0.333 e. The van der Waals surface area contributed by atoms with Crippen LogP contribution in [0.15, 0.2) is 133 Å². The monoisotopic (exact) mass is 627 g/mol. The molecule has 9 rings (SSSR count). The molecule has 4 unspecified atom stereocenters. The highest BCUT2D eigenvalue weighted by Gasteiger charge is 2.51. The number of benzene rings is 4. The number of thiophene rings is 1. The summed E-state index contributed by atoms with van der Waals surface area (Å²) in [7, 11) is 0. The summed E-state index contributed by atoms with van der Waals surface area (Å²) in [6.45, 7) is 4.64. The second-order valence-corrected chi connectivity index (χ2v) is 15.1. The lowest BCUT2D eigenvalue weighted by molar-refractivity contribution is 0.343. The Hall–Kier alpha value is -4.40. The Morgan fingerprint density at radius 3 is 2.45 bits per heavy atom. The fourth-order valence-corrected chi connectivity index (χ4v) is 10.6. The predicted octanol–water partition coefficient (Wildman–Crippen LogP) is 12.7. The molecule has 1 nitrogen and oxygen atoms in total. The summed E-state index contributed by atoms with van der Waals surface area (Å²) in [4.78, 5) is 4.05. The van der Waals surface area contributed by atoms with Crippen molar-refractivity contribution in [1.82, 2.24) is 0 Å². The van der Waals surface area contributed by atoms with Crippen molar-refractivity contribution in [2.75, 3.05) is 4.90 Å². The molecule has 0 saturated carbocycles. The molecule has 4 aliphatic rings. The second-order valence-electron chi connectivity index (χ2n) is 14.0. The lowest BCUT2D eigenvalue weighted by atomic mass is 9.59. The third-order valence-corrected chi connectivity index (χ3v) is 12.5. The molecule has 0 N–H and O–H groups in total. The van der Waals surface area contributed by atoms with Crippen LogP contribution in [0.4, 0.5) is 11.4 Å². The topological polar surface area (TPSA) is 3.24 Å². The number of hydrogen-bond donors (Lipinski definition) is 0.